The number of benzene rings is 1. The maximum absolute atomic E-state index is 11.1. The lowest BCUT2D eigenvalue weighted by Gasteiger charge is -2.28. The highest BCUT2D eigenvalue weighted by Gasteiger charge is 2.29. The van der Waals surface area contributed by atoms with Crippen LogP contribution in [0.4, 0.5) is 0 Å². The SMILES string of the molecule is Cl.O=C(O)C1CNC2=c3ccccc3=NC=CC2C1. The minimum Gasteiger partial charge on any atom is -0.481 e. The molecule has 0 radical (unpaired) electrons. The van der Waals surface area contributed by atoms with Gasteiger partial charge in [-0.15, -0.1) is 12.4 Å². The van der Waals surface area contributed by atoms with Crippen LogP contribution in [0.25, 0.3) is 5.70 Å². The number of aliphatic carboxylic acids is 1. The summed E-state index contributed by atoms with van der Waals surface area (Å²) in [6, 6.07) is 7.94. The van der Waals surface area contributed by atoms with Gasteiger partial charge in [0, 0.05) is 29.6 Å². The third-order valence-electron chi connectivity index (χ3n) is 3.52. The molecule has 2 aliphatic rings. The molecule has 2 atom stereocenters. The van der Waals surface area contributed by atoms with Crippen LogP contribution in [0.15, 0.2) is 41.5 Å². The molecule has 0 amide bonds. The van der Waals surface area contributed by atoms with E-state index in [0.29, 0.717) is 13.0 Å². The summed E-state index contributed by atoms with van der Waals surface area (Å²) in [6.45, 7) is 0.489. The molecule has 1 fully saturated rings. The second kappa shape index (κ2) is 5.45. The summed E-state index contributed by atoms with van der Waals surface area (Å²) in [4.78, 5) is 15.5. The summed E-state index contributed by atoms with van der Waals surface area (Å²) in [5, 5.41) is 14.4. The Balaban J connectivity index is 0.00000133. The van der Waals surface area contributed by atoms with Gasteiger partial charge in [0.05, 0.1) is 11.3 Å². The van der Waals surface area contributed by atoms with Crippen LogP contribution in [0.1, 0.15) is 6.42 Å². The van der Waals surface area contributed by atoms with Crippen molar-refractivity contribution >= 4 is 24.1 Å². The van der Waals surface area contributed by atoms with Crippen molar-refractivity contribution in [1.29, 1.82) is 0 Å². The topological polar surface area (TPSA) is 61.7 Å². The number of nitrogens with zero attached hydrogens (tertiary/aromatic N) is 1. The van der Waals surface area contributed by atoms with Crippen LogP contribution in [-0.4, -0.2) is 17.6 Å². The largest absolute Gasteiger partial charge is 0.481 e. The second-order valence-electron chi connectivity index (χ2n) is 4.66. The van der Waals surface area contributed by atoms with E-state index in [1.54, 1.807) is 6.20 Å². The number of rotatable bonds is 1. The standard InChI is InChI=1S/C14H14N2O2.ClH/c17-14(18)10-7-9-5-6-15-12-4-2-1-3-11(12)13(9)16-8-10;/h1-6,9-10,16H,7-8H2,(H,17,18);1H. The highest BCUT2D eigenvalue weighted by atomic mass is 35.5. The van der Waals surface area contributed by atoms with Crippen LogP contribution >= 0.6 is 12.4 Å². The Kier molecular flexibility index (Phi) is 3.90. The fraction of sp³-hybridized carbons (Fsp3) is 0.286. The third-order valence-corrected chi connectivity index (χ3v) is 3.52. The second-order valence-corrected chi connectivity index (χ2v) is 4.66. The van der Waals surface area contributed by atoms with Crippen LogP contribution in [0, 0.1) is 11.8 Å². The van der Waals surface area contributed by atoms with Gasteiger partial charge >= 0.3 is 5.97 Å². The van der Waals surface area contributed by atoms with Gasteiger partial charge < -0.3 is 10.4 Å². The maximum Gasteiger partial charge on any atom is 0.308 e. The zero-order valence-corrected chi connectivity index (χ0v) is 11.1. The Morgan fingerprint density at radius 1 is 1.37 bits per heavy atom. The summed E-state index contributed by atoms with van der Waals surface area (Å²) >= 11 is 0. The molecule has 1 aromatic carbocycles. The maximum atomic E-state index is 11.1. The van der Waals surface area contributed by atoms with E-state index >= 15 is 0 Å². The molecule has 0 bridgehead atoms. The van der Waals surface area contributed by atoms with Crippen LogP contribution in [0.3, 0.4) is 0 Å². The van der Waals surface area contributed by atoms with Crippen LogP contribution in [0.2, 0.25) is 0 Å². The zero-order chi connectivity index (χ0) is 12.5. The van der Waals surface area contributed by atoms with E-state index in [9.17, 15) is 4.79 Å². The van der Waals surface area contributed by atoms with Crippen molar-refractivity contribution < 1.29 is 9.90 Å². The van der Waals surface area contributed by atoms with E-state index in [1.807, 2.05) is 30.3 Å². The molecule has 1 saturated heterocycles. The number of para-hydroxylation sites is 1. The van der Waals surface area contributed by atoms with Gasteiger partial charge in [0.25, 0.3) is 0 Å². The van der Waals surface area contributed by atoms with Crippen molar-refractivity contribution in [3.05, 3.63) is 47.1 Å². The van der Waals surface area contributed by atoms with Gasteiger partial charge in [-0.3, -0.25) is 9.79 Å². The first kappa shape index (κ1) is 13.6. The molecule has 2 heterocycles. The number of piperidine rings is 1. The van der Waals surface area contributed by atoms with Crippen molar-refractivity contribution in [2.24, 2.45) is 16.8 Å². The molecule has 3 rings (SSSR count). The first-order chi connectivity index (χ1) is 8.75. The smallest absolute Gasteiger partial charge is 0.308 e. The van der Waals surface area contributed by atoms with Crippen LogP contribution in [-0.2, 0) is 4.79 Å². The predicted octanol–water partition coefficient (Wildman–Crippen LogP) is 0.674. The first-order valence-electron chi connectivity index (χ1n) is 6.06. The van der Waals surface area contributed by atoms with Gasteiger partial charge in [0.1, 0.15) is 0 Å². The average Bonchev–Trinajstić information content (AvgIpc) is 2.57. The number of hydrogen-bond acceptors (Lipinski definition) is 3. The highest BCUT2D eigenvalue weighted by Crippen LogP contribution is 2.25. The summed E-state index contributed by atoms with van der Waals surface area (Å²) in [5.74, 6) is -0.940. The van der Waals surface area contributed by atoms with Gasteiger partial charge in [-0.1, -0.05) is 24.3 Å². The lowest BCUT2D eigenvalue weighted by Crippen LogP contribution is -2.42. The molecule has 0 aliphatic carbocycles. The summed E-state index contributed by atoms with van der Waals surface area (Å²) in [7, 11) is 0. The predicted molar refractivity (Wildman–Crippen MR) is 74.3 cm³/mol. The quantitative estimate of drug-likeness (QED) is 0.794. The number of nitrogens with one attached hydrogen (secondary N) is 1. The normalized spacial score (nSPS) is 23.9. The molecule has 4 nitrogen and oxygen atoms in total. The Morgan fingerprint density at radius 2 is 2.16 bits per heavy atom. The molecule has 0 aromatic heterocycles. The minimum absolute atomic E-state index is 0. The summed E-state index contributed by atoms with van der Waals surface area (Å²) in [5.41, 5.74) is 1.10. The molecule has 19 heavy (non-hydrogen) atoms. The van der Waals surface area contributed by atoms with Crippen LogP contribution in [0.5, 0.6) is 0 Å². The van der Waals surface area contributed by atoms with E-state index in [4.69, 9.17) is 5.11 Å². The number of hydrogen-bond donors (Lipinski definition) is 2. The average molecular weight is 279 g/mol. The Morgan fingerprint density at radius 3 is 2.95 bits per heavy atom. The van der Waals surface area contributed by atoms with Gasteiger partial charge in [0.15, 0.2) is 0 Å². The zero-order valence-electron chi connectivity index (χ0n) is 10.2. The third kappa shape index (κ3) is 2.49. The number of carboxylic acid groups (broad SMARTS) is 1. The summed E-state index contributed by atoms with van der Waals surface area (Å²) in [6.07, 6.45) is 4.40. The lowest BCUT2D eigenvalue weighted by atomic mass is 9.87. The van der Waals surface area contributed by atoms with Crippen LogP contribution < -0.4 is 15.9 Å². The molecular weight excluding hydrogens is 264 g/mol. The van der Waals surface area contributed by atoms with Crippen molar-refractivity contribution in [3.8, 4) is 0 Å². The highest BCUT2D eigenvalue weighted by molar-refractivity contribution is 5.85. The van der Waals surface area contributed by atoms with E-state index in [2.05, 4.69) is 10.3 Å². The van der Waals surface area contributed by atoms with Gasteiger partial charge in [-0.05, 0) is 12.5 Å². The van der Waals surface area contributed by atoms with Gasteiger partial charge in [-0.25, -0.2) is 0 Å². The minimum atomic E-state index is -0.732. The Bertz CT molecular complexity index is 639. The van der Waals surface area contributed by atoms with Crippen molar-refractivity contribution in [2.75, 3.05) is 6.54 Å². The van der Waals surface area contributed by atoms with Gasteiger partial charge in [-0.2, -0.15) is 0 Å². The fourth-order valence-electron chi connectivity index (χ4n) is 2.57. The number of carboxylic acids is 1. The first-order valence-corrected chi connectivity index (χ1v) is 6.06. The number of carbonyl (C=O) groups is 1. The molecule has 2 N–H and O–H groups in total. The molecule has 5 heteroatoms. The monoisotopic (exact) mass is 278 g/mol. The fourth-order valence-corrected chi connectivity index (χ4v) is 2.57. The number of halogens is 1. The van der Waals surface area contributed by atoms with Crippen molar-refractivity contribution in [3.63, 3.8) is 0 Å². The molecular formula is C14H15ClN2O2. The Hall–Kier alpha value is -1.81. The molecule has 2 unspecified atom stereocenters. The number of fused-ring (bicyclic) bond motifs is 2. The molecule has 100 valence electrons. The van der Waals surface area contributed by atoms with Crippen molar-refractivity contribution in [1.82, 2.24) is 5.32 Å². The molecule has 2 aliphatic heterocycles. The van der Waals surface area contributed by atoms with Gasteiger partial charge in [0.2, 0.25) is 0 Å². The molecule has 0 saturated carbocycles. The van der Waals surface area contributed by atoms with E-state index < -0.39 is 5.97 Å². The van der Waals surface area contributed by atoms with E-state index in [1.165, 1.54) is 0 Å². The van der Waals surface area contributed by atoms with Crippen molar-refractivity contribution in [2.45, 2.75) is 6.42 Å². The molecule has 0 spiro atoms. The molecule has 1 aromatic rings. The Labute approximate surface area is 117 Å². The summed E-state index contributed by atoms with van der Waals surface area (Å²) < 4.78 is 0. The van der Waals surface area contributed by atoms with E-state index in [-0.39, 0.29) is 24.2 Å². The van der Waals surface area contributed by atoms with E-state index in [0.717, 1.165) is 16.3 Å². The lowest BCUT2D eigenvalue weighted by molar-refractivity contribution is -0.142.